The third kappa shape index (κ3) is 3.77. The number of nitrogens with zero attached hydrogens (tertiary/aromatic N) is 2. The van der Waals surface area contributed by atoms with Gasteiger partial charge in [-0.25, -0.2) is 4.39 Å². The summed E-state index contributed by atoms with van der Waals surface area (Å²) in [6.45, 7) is 6.24. The minimum absolute atomic E-state index is 0.0425. The molecule has 0 radical (unpaired) electrons. The number of hydrogen-bond donors (Lipinski definition) is 0. The van der Waals surface area contributed by atoms with Gasteiger partial charge in [0, 0.05) is 42.1 Å². The van der Waals surface area contributed by atoms with Gasteiger partial charge in [0.2, 0.25) is 0 Å². The molecule has 1 fully saturated rings. The molecule has 2 heterocycles. The quantitative estimate of drug-likeness (QED) is 0.623. The minimum Gasteiger partial charge on any atom is -0.451 e. The van der Waals surface area contributed by atoms with Gasteiger partial charge < -0.3 is 9.32 Å². The van der Waals surface area contributed by atoms with E-state index in [0.717, 1.165) is 24.0 Å². The lowest BCUT2D eigenvalue weighted by Gasteiger charge is -2.43. The second-order valence-corrected chi connectivity index (χ2v) is 7.94. The Kier molecular flexibility index (Phi) is 5.13. The van der Waals surface area contributed by atoms with Crippen LogP contribution in [0.2, 0.25) is 5.02 Å². The molecule has 0 saturated carbocycles. The van der Waals surface area contributed by atoms with Gasteiger partial charge >= 0.3 is 0 Å². The van der Waals surface area contributed by atoms with E-state index >= 15 is 0 Å². The molecule has 1 aromatic heterocycles. The highest BCUT2D eigenvalue weighted by molar-refractivity contribution is 6.31. The molecule has 4 nitrogen and oxygen atoms in total. The van der Waals surface area contributed by atoms with Gasteiger partial charge in [0.15, 0.2) is 5.76 Å². The maximum atomic E-state index is 13.1. The summed E-state index contributed by atoms with van der Waals surface area (Å²) >= 11 is 6.03. The fraction of sp³-hybridized carbons (Fsp3) is 0.318. The molecule has 28 heavy (non-hydrogen) atoms. The highest BCUT2D eigenvalue weighted by Gasteiger charge is 2.33. The van der Waals surface area contributed by atoms with Crippen molar-refractivity contribution in [2.24, 2.45) is 0 Å². The first kappa shape index (κ1) is 19.0. The number of fused-ring (bicyclic) bond motifs is 1. The zero-order valence-corrected chi connectivity index (χ0v) is 16.6. The normalized spacial score (nSPS) is 20.6. The molecule has 146 valence electrons. The average Bonchev–Trinajstić information content (AvgIpc) is 3.09. The lowest BCUT2D eigenvalue weighted by atomic mass is 10.1. The summed E-state index contributed by atoms with van der Waals surface area (Å²) in [6.07, 6.45) is 0. The lowest BCUT2D eigenvalue weighted by Crippen LogP contribution is -2.57. The van der Waals surface area contributed by atoms with Crippen molar-refractivity contribution in [3.63, 3.8) is 0 Å². The molecule has 3 aromatic rings. The Labute approximate surface area is 168 Å². The predicted molar refractivity (Wildman–Crippen MR) is 108 cm³/mol. The fourth-order valence-electron chi connectivity index (χ4n) is 3.79. The summed E-state index contributed by atoms with van der Waals surface area (Å²) in [7, 11) is 0. The summed E-state index contributed by atoms with van der Waals surface area (Å²) < 4.78 is 18.9. The number of rotatable bonds is 3. The number of carbonyl (C=O) groups is 1. The first-order valence-electron chi connectivity index (χ1n) is 9.39. The summed E-state index contributed by atoms with van der Waals surface area (Å²) in [5, 5.41) is 1.44. The first-order chi connectivity index (χ1) is 13.4. The molecule has 0 aliphatic carbocycles. The second kappa shape index (κ2) is 7.57. The van der Waals surface area contributed by atoms with E-state index in [1.54, 1.807) is 24.3 Å². The van der Waals surface area contributed by atoms with Crippen LogP contribution in [0.4, 0.5) is 4.39 Å². The number of amides is 1. The average molecular weight is 401 g/mol. The highest BCUT2D eigenvalue weighted by atomic mass is 35.5. The van der Waals surface area contributed by atoms with Gasteiger partial charge in [0.05, 0.1) is 0 Å². The molecule has 6 heteroatoms. The second-order valence-electron chi connectivity index (χ2n) is 7.50. The zero-order valence-electron chi connectivity index (χ0n) is 15.9. The van der Waals surface area contributed by atoms with E-state index in [0.29, 0.717) is 22.9 Å². The molecule has 1 aliphatic heterocycles. The van der Waals surface area contributed by atoms with E-state index in [9.17, 15) is 9.18 Å². The molecule has 2 atom stereocenters. The topological polar surface area (TPSA) is 36.7 Å². The van der Waals surface area contributed by atoms with Crippen LogP contribution in [0.5, 0.6) is 0 Å². The van der Waals surface area contributed by atoms with Gasteiger partial charge in [0.1, 0.15) is 11.4 Å². The van der Waals surface area contributed by atoms with Gasteiger partial charge in [-0.05, 0) is 55.8 Å². The van der Waals surface area contributed by atoms with Gasteiger partial charge in [0.25, 0.3) is 5.91 Å². The maximum absolute atomic E-state index is 13.1. The maximum Gasteiger partial charge on any atom is 0.289 e. The van der Waals surface area contributed by atoms with E-state index in [1.807, 2.05) is 24.0 Å². The Morgan fingerprint density at radius 1 is 1.11 bits per heavy atom. The van der Waals surface area contributed by atoms with Crippen LogP contribution in [0.1, 0.15) is 30.0 Å². The van der Waals surface area contributed by atoms with Crippen molar-refractivity contribution in [2.75, 3.05) is 13.1 Å². The van der Waals surface area contributed by atoms with E-state index in [1.165, 1.54) is 12.1 Å². The van der Waals surface area contributed by atoms with Crippen LogP contribution in [0, 0.1) is 5.82 Å². The third-order valence-corrected chi connectivity index (χ3v) is 5.60. The molecule has 0 spiro atoms. The summed E-state index contributed by atoms with van der Waals surface area (Å²) in [6, 6.07) is 13.9. The summed E-state index contributed by atoms with van der Waals surface area (Å²) in [5.74, 6) is 0.00381. The standard InChI is InChI=1S/C22H22ClFN2O2/c1-14-12-26(15(2)11-25(14)13-16-3-6-19(24)7-4-16)22(27)21-10-17-9-18(23)5-8-20(17)28-21/h3-10,14-15H,11-13H2,1-2H3. The van der Waals surface area contributed by atoms with Crippen molar-refractivity contribution < 1.29 is 13.6 Å². The molecule has 0 bridgehead atoms. The molecule has 2 aromatic carbocycles. The van der Waals surface area contributed by atoms with Crippen LogP contribution in [-0.2, 0) is 6.54 Å². The van der Waals surface area contributed by atoms with E-state index < -0.39 is 0 Å². The fourth-order valence-corrected chi connectivity index (χ4v) is 3.97. The van der Waals surface area contributed by atoms with Crippen molar-refractivity contribution in [1.82, 2.24) is 9.80 Å². The number of carbonyl (C=O) groups excluding carboxylic acids is 1. The number of piperazine rings is 1. The van der Waals surface area contributed by atoms with Gasteiger partial charge in [-0.2, -0.15) is 0 Å². The largest absolute Gasteiger partial charge is 0.451 e. The van der Waals surface area contributed by atoms with Crippen LogP contribution >= 0.6 is 11.6 Å². The number of furan rings is 1. The molecular weight excluding hydrogens is 379 g/mol. The zero-order chi connectivity index (χ0) is 19.8. The Balaban J connectivity index is 1.48. The Morgan fingerprint density at radius 2 is 1.86 bits per heavy atom. The SMILES string of the molecule is CC1CN(C(=O)c2cc3cc(Cl)ccc3o2)C(C)CN1Cc1ccc(F)cc1. The van der Waals surface area contributed by atoms with Gasteiger partial charge in [-0.3, -0.25) is 9.69 Å². The van der Waals surface area contributed by atoms with Crippen molar-refractivity contribution in [3.8, 4) is 0 Å². The molecule has 4 rings (SSSR count). The monoisotopic (exact) mass is 400 g/mol. The molecule has 1 aliphatic rings. The van der Waals surface area contributed by atoms with E-state index in [-0.39, 0.29) is 23.8 Å². The van der Waals surface area contributed by atoms with Crippen LogP contribution in [-0.4, -0.2) is 40.9 Å². The minimum atomic E-state index is -0.229. The third-order valence-electron chi connectivity index (χ3n) is 5.36. The van der Waals surface area contributed by atoms with Crippen molar-refractivity contribution in [2.45, 2.75) is 32.5 Å². The Bertz CT molecular complexity index is 1000. The van der Waals surface area contributed by atoms with E-state index in [2.05, 4.69) is 11.8 Å². The van der Waals surface area contributed by atoms with Crippen LogP contribution < -0.4 is 0 Å². The lowest BCUT2D eigenvalue weighted by molar-refractivity contribution is 0.0269. The van der Waals surface area contributed by atoms with Crippen LogP contribution in [0.3, 0.4) is 0 Å². The summed E-state index contributed by atoms with van der Waals surface area (Å²) in [4.78, 5) is 17.2. The predicted octanol–water partition coefficient (Wildman–Crippen LogP) is 4.96. The Hall–Kier alpha value is -2.37. The number of halogens is 2. The van der Waals surface area contributed by atoms with Crippen molar-refractivity contribution in [3.05, 3.63) is 70.7 Å². The smallest absolute Gasteiger partial charge is 0.289 e. The molecular formula is C22H22ClFN2O2. The molecule has 1 saturated heterocycles. The number of benzene rings is 2. The van der Waals surface area contributed by atoms with Crippen LogP contribution in [0.25, 0.3) is 11.0 Å². The van der Waals surface area contributed by atoms with E-state index in [4.69, 9.17) is 16.0 Å². The number of hydrogen-bond acceptors (Lipinski definition) is 3. The van der Waals surface area contributed by atoms with Crippen LogP contribution in [0.15, 0.2) is 52.9 Å². The highest BCUT2D eigenvalue weighted by Crippen LogP contribution is 2.26. The van der Waals surface area contributed by atoms with Crippen molar-refractivity contribution >= 4 is 28.5 Å². The summed E-state index contributed by atoms with van der Waals surface area (Å²) in [5.41, 5.74) is 1.72. The molecule has 1 amide bonds. The van der Waals surface area contributed by atoms with Crippen molar-refractivity contribution in [1.29, 1.82) is 0 Å². The molecule has 2 unspecified atom stereocenters. The Morgan fingerprint density at radius 3 is 2.61 bits per heavy atom. The first-order valence-corrected chi connectivity index (χ1v) is 9.77. The van der Waals surface area contributed by atoms with Gasteiger partial charge in [-0.1, -0.05) is 23.7 Å². The van der Waals surface area contributed by atoms with Gasteiger partial charge in [-0.15, -0.1) is 0 Å². The molecule has 0 N–H and O–H groups in total.